The molecule has 0 saturated carbocycles. The lowest BCUT2D eigenvalue weighted by Gasteiger charge is -2.13. The molecule has 0 spiro atoms. The molecule has 1 saturated heterocycles. The summed E-state index contributed by atoms with van der Waals surface area (Å²) in [4.78, 5) is 0. The zero-order chi connectivity index (χ0) is 14.6. The van der Waals surface area contributed by atoms with Crippen LogP contribution in [0.4, 0.5) is 0 Å². The van der Waals surface area contributed by atoms with Crippen LogP contribution >= 0.6 is 0 Å². The smallest absolute Gasteiger partial charge is 0.154 e. The highest BCUT2D eigenvalue weighted by molar-refractivity contribution is 7.92. The Hall–Kier alpha value is -1.07. The van der Waals surface area contributed by atoms with E-state index in [4.69, 9.17) is 4.74 Å². The fraction of sp³-hybridized carbons (Fsp3) is 0.600. The van der Waals surface area contributed by atoms with Crippen LogP contribution in [0.25, 0.3) is 0 Å². The van der Waals surface area contributed by atoms with Gasteiger partial charge in [-0.05, 0) is 44.4 Å². The molecule has 0 radical (unpaired) electrons. The van der Waals surface area contributed by atoms with Gasteiger partial charge >= 0.3 is 0 Å². The van der Waals surface area contributed by atoms with Crippen molar-refractivity contribution in [2.45, 2.75) is 44.6 Å². The Kier molecular flexibility index (Phi) is 5.05. The topological polar surface area (TPSA) is 55.4 Å². The maximum atomic E-state index is 11.7. The fourth-order valence-electron chi connectivity index (χ4n) is 2.47. The van der Waals surface area contributed by atoms with Gasteiger partial charge in [-0.3, -0.25) is 0 Å². The molecule has 0 aromatic heterocycles. The van der Waals surface area contributed by atoms with E-state index in [1.54, 1.807) is 0 Å². The summed E-state index contributed by atoms with van der Waals surface area (Å²) in [5.74, 6) is 1.20. The normalized spacial score (nSPS) is 21.2. The molecule has 0 amide bonds. The van der Waals surface area contributed by atoms with E-state index >= 15 is 0 Å². The molecule has 4 nitrogen and oxygen atoms in total. The van der Waals surface area contributed by atoms with Gasteiger partial charge in [-0.2, -0.15) is 0 Å². The number of benzene rings is 1. The van der Waals surface area contributed by atoms with Crippen LogP contribution in [0, 0.1) is 0 Å². The van der Waals surface area contributed by atoms with Crippen molar-refractivity contribution in [1.82, 2.24) is 5.32 Å². The number of sulfone groups is 1. The highest BCUT2D eigenvalue weighted by atomic mass is 32.2. The maximum absolute atomic E-state index is 11.7. The van der Waals surface area contributed by atoms with Crippen LogP contribution in [0.15, 0.2) is 24.3 Å². The van der Waals surface area contributed by atoms with Crippen molar-refractivity contribution in [3.63, 3.8) is 0 Å². The summed E-state index contributed by atoms with van der Waals surface area (Å²) in [6.45, 7) is 5.20. The van der Waals surface area contributed by atoms with E-state index in [0.29, 0.717) is 18.8 Å². The predicted molar refractivity (Wildman–Crippen MR) is 80.7 cm³/mol. The first-order valence-corrected chi connectivity index (χ1v) is 8.87. The van der Waals surface area contributed by atoms with Crippen molar-refractivity contribution < 1.29 is 13.2 Å². The largest absolute Gasteiger partial charge is 0.491 e. The van der Waals surface area contributed by atoms with Crippen molar-refractivity contribution in [2.24, 2.45) is 0 Å². The Morgan fingerprint density at radius 1 is 1.40 bits per heavy atom. The van der Waals surface area contributed by atoms with Gasteiger partial charge in [0.2, 0.25) is 0 Å². The SMILES string of the molecule is CC(C)Oc1cccc(CNCC2CCCS2(=O)=O)c1. The molecule has 1 N–H and O–H groups in total. The van der Waals surface area contributed by atoms with E-state index < -0.39 is 9.84 Å². The minimum Gasteiger partial charge on any atom is -0.491 e. The summed E-state index contributed by atoms with van der Waals surface area (Å²) in [5.41, 5.74) is 1.11. The summed E-state index contributed by atoms with van der Waals surface area (Å²) in [6, 6.07) is 7.91. The van der Waals surface area contributed by atoms with E-state index in [-0.39, 0.29) is 11.4 Å². The minimum absolute atomic E-state index is 0.154. The molecule has 1 fully saturated rings. The highest BCUT2D eigenvalue weighted by Crippen LogP contribution is 2.19. The van der Waals surface area contributed by atoms with Gasteiger partial charge < -0.3 is 10.1 Å². The monoisotopic (exact) mass is 297 g/mol. The van der Waals surface area contributed by atoms with Crippen molar-refractivity contribution in [2.75, 3.05) is 12.3 Å². The number of nitrogens with one attached hydrogen (secondary N) is 1. The maximum Gasteiger partial charge on any atom is 0.154 e. The van der Waals surface area contributed by atoms with Crippen molar-refractivity contribution in [3.05, 3.63) is 29.8 Å². The Bertz CT molecular complexity index is 540. The number of ether oxygens (including phenoxy) is 1. The van der Waals surface area contributed by atoms with Crippen LogP contribution in [0.3, 0.4) is 0 Å². The van der Waals surface area contributed by atoms with E-state index in [0.717, 1.165) is 24.2 Å². The number of hydrogen-bond acceptors (Lipinski definition) is 4. The Morgan fingerprint density at radius 2 is 2.20 bits per heavy atom. The van der Waals surface area contributed by atoms with Crippen LogP contribution in [-0.4, -0.2) is 32.1 Å². The van der Waals surface area contributed by atoms with Crippen molar-refractivity contribution >= 4 is 9.84 Å². The lowest BCUT2D eigenvalue weighted by atomic mass is 10.2. The summed E-state index contributed by atoms with van der Waals surface area (Å²) in [6.07, 6.45) is 1.74. The lowest BCUT2D eigenvalue weighted by molar-refractivity contribution is 0.242. The highest BCUT2D eigenvalue weighted by Gasteiger charge is 2.30. The van der Waals surface area contributed by atoms with Gasteiger partial charge in [0.1, 0.15) is 5.75 Å². The molecule has 0 bridgehead atoms. The second-order valence-corrected chi connectivity index (χ2v) is 7.98. The molecule has 112 valence electrons. The van der Waals surface area contributed by atoms with Crippen molar-refractivity contribution in [3.8, 4) is 5.75 Å². The second-order valence-electron chi connectivity index (χ2n) is 5.58. The lowest BCUT2D eigenvalue weighted by Crippen LogP contribution is -2.30. The molecular formula is C15H23NO3S. The molecule has 1 aliphatic heterocycles. The summed E-state index contributed by atoms with van der Waals surface area (Å²) >= 11 is 0. The molecule has 1 aromatic rings. The van der Waals surface area contributed by atoms with Crippen molar-refractivity contribution in [1.29, 1.82) is 0 Å². The third-order valence-corrected chi connectivity index (χ3v) is 5.71. The summed E-state index contributed by atoms with van der Waals surface area (Å²) in [5, 5.41) is 3.03. The van der Waals surface area contributed by atoms with Crippen LogP contribution in [0.1, 0.15) is 32.3 Å². The third kappa shape index (κ3) is 4.21. The molecule has 2 rings (SSSR count). The van der Waals surface area contributed by atoms with Gasteiger partial charge in [0.25, 0.3) is 0 Å². The van der Waals surface area contributed by atoms with E-state index in [1.807, 2.05) is 38.1 Å². The third-order valence-electron chi connectivity index (χ3n) is 3.43. The summed E-state index contributed by atoms with van der Waals surface area (Å²) < 4.78 is 29.1. The van der Waals surface area contributed by atoms with Gasteiger partial charge in [0.05, 0.1) is 17.1 Å². The zero-order valence-corrected chi connectivity index (χ0v) is 12.9. The Labute approximate surface area is 121 Å². The molecule has 1 atom stereocenters. The quantitative estimate of drug-likeness (QED) is 0.874. The zero-order valence-electron chi connectivity index (χ0n) is 12.1. The van der Waals surface area contributed by atoms with Gasteiger partial charge in [0.15, 0.2) is 9.84 Å². The van der Waals surface area contributed by atoms with Crippen LogP contribution in [0.2, 0.25) is 0 Å². The molecule has 1 heterocycles. The number of rotatable bonds is 6. The van der Waals surface area contributed by atoms with E-state index in [9.17, 15) is 8.42 Å². The van der Waals surface area contributed by atoms with Crippen LogP contribution < -0.4 is 10.1 Å². The van der Waals surface area contributed by atoms with Crippen LogP contribution in [0.5, 0.6) is 5.75 Å². The van der Waals surface area contributed by atoms with Gasteiger partial charge in [-0.1, -0.05) is 12.1 Å². The van der Waals surface area contributed by atoms with Gasteiger partial charge in [0, 0.05) is 13.1 Å². The predicted octanol–water partition coefficient (Wildman–Crippen LogP) is 2.14. The van der Waals surface area contributed by atoms with E-state index in [1.165, 1.54) is 0 Å². The van der Waals surface area contributed by atoms with E-state index in [2.05, 4.69) is 5.32 Å². The molecule has 1 aliphatic rings. The molecule has 20 heavy (non-hydrogen) atoms. The van der Waals surface area contributed by atoms with Crippen LogP contribution in [-0.2, 0) is 16.4 Å². The second kappa shape index (κ2) is 6.59. The molecule has 5 heteroatoms. The molecule has 1 aromatic carbocycles. The minimum atomic E-state index is -2.85. The summed E-state index contributed by atoms with van der Waals surface area (Å²) in [7, 11) is -2.85. The Balaban J connectivity index is 1.85. The average Bonchev–Trinajstić information content (AvgIpc) is 2.68. The standard InChI is InChI=1S/C15H23NO3S/c1-12(2)19-14-6-3-5-13(9-14)10-16-11-15-7-4-8-20(15,17)18/h3,5-6,9,12,15-16H,4,7-8,10-11H2,1-2H3. The first kappa shape index (κ1) is 15.3. The molecular weight excluding hydrogens is 274 g/mol. The molecule has 1 unspecified atom stereocenters. The molecule has 0 aliphatic carbocycles. The number of hydrogen-bond donors (Lipinski definition) is 1. The first-order valence-electron chi connectivity index (χ1n) is 7.15. The first-order chi connectivity index (χ1) is 9.47. The average molecular weight is 297 g/mol. The Morgan fingerprint density at radius 3 is 2.85 bits per heavy atom. The van der Waals surface area contributed by atoms with Gasteiger partial charge in [-0.25, -0.2) is 8.42 Å². The van der Waals surface area contributed by atoms with Gasteiger partial charge in [-0.15, -0.1) is 0 Å². The fourth-order valence-corrected chi connectivity index (χ4v) is 4.27.